The number of aliphatic hydroxyl groups is 1. The van der Waals surface area contributed by atoms with Crippen LogP contribution in [0.15, 0.2) is 42.7 Å². The molecule has 3 N–H and O–H groups in total. The maximum atomic E-state index is 12.2. The third-order valence-corrected chi connectivity index (χ3v) is 3.66. The summed E-state index contributed by atoms with van der Waals surface area (Å²) in [6.07, 6.45) is 2.92. The van der Waals surface area contributed by atoms with Gasteiger partial charge in [-0.1, -0.05) is 12.1 Å². The summed E-state index contributed by atoms with van der Waals surface area (Å²) in [5, 5.41) is 14.9. The van der Waals surface area contributed by atoms with Crippen LogP contribution in [0.3, 0.4) is 0 Å². The van der Waals surface area contributed by atoms with Crippen molar-refractivity contribution >= 4 is 29.0 Å². The van der Waals surface area contributed by atoms with Crippen LogP contribution < -0.4 is 10.6 Å². The third-order valence-electron chi connectivity index (χ3n) is 3.66. The molecular weight excluding hydrogens is 322 g/mol. The van der Waals surface area contributed by atoms with Gasteiger partial charge in [-0.3, -0.25) is 4.79 Å². The summed E-state index contributed by atoms with van der Waals surface area (Å²) in [4.78, 5) is 28.1. The van der Waals surface area contributed by atoms with Gasteiger partial charge < -0.3 is 20.5 Å². The molecule has 7 heteroatoms. The Morgan fingerprint density at radius 3 is 3.00 bits per heavy atom. The van der Waals surface area contributed by atoms with Crippen LogP contribution >= 0.6 is 0 Å². The molecule has 1 amide bonds. The largest absolute Gasteiger partial charge is 0.462 e. The molecular formula is C18H17N3O4. The lowest BCUT2D eigenvalue weighted by Crippen LogP contribution is -2.06. The normalized spacial score (nSPS) is 14.2. The van der Waals surface area contributed by atoms with Crippen molar-refractivity contribution in [2.45, 2.75) is 13.5 Å². The van der Waals surface area contributed by atoms with Gasteiger partial charge in [0.25, 0.3) is 5.91 Å². The zero-order chi connectivity index (χ0) is 17.8. The first-order chi connectivity index (χ1) is 12.1. The minimum Gasteiger partial charge on any atom is -0.462 e. The van der Waals surface area contributed by atoms with Crippen LogP contribution in [-0.4, -0.2) is 28.6 Å². The first-order valence-electron chi connectivity index (χ1n) is 7.77. The number of fused-ring (bicyclic) bond motifs is 1. The molecule has 3 rings (SSSR count). The van der Waals surface area contributed by atoms with Crippen molar-refractivity contribution in [2.75, 3.05) is 17.2 Å². The number of esters is 1. The summed E-state index contributed by atoms with van der Waals surface area (Å²) < 4.78 is 4.96. The minimum atomic E-state index is -0.486. The van der Waals surface area contributed by atoms with E-state index in [4.69, 9.17) is 4.74 Å². The maximum Gasteiger partial charge on any atom is 0.339 e. The van der Waals surface area contributed by atoms with E-state index < -0.39 is 5.97 Å². The highest BCUT2D eigenvalue weighted by Crippen LogP contribution is 2.30. The summed E-state index contributed by atoms with van der Waals surface area (Å²) in [6, 6.07) is 8.77. The fourth-order valence-electron chi connectivity index (χ4n) is 2.45. The van der Waals surface area contributed by atoms with Crippen LogP contribution in [0.4, 0.5) is 11.5 Å². The number of ether oxygens (including phenoxy) is 1. The number of nitrogens with zero attached hydrogens (tertiary/aromatic N) is 1. The number of carbonyl (C=O) groups excluding carboxylic acids is 2. The zero-order valence-corrected chi connectivity index (χ0v) is 13.6. The average Bonchev–Trinajstić information content (AvgIpc) is 2.94. The van der Waals surface area contributed by atoms with Gasteiger partial charge in [-0.15, -0.1) is 0 Å². The molecule has 25 heavy (non-hydrogen) atoms. The van der Waals surface area contributed by atoms with Gasteiger partial charge in [0.15, 0.2) is 0 Å². The number of aliphatic hydroxyl groups excluding tert-OH is 1. The second kappa shape index (κ2) is 7.14. The Morgan fingerprint density at radius 1 is 1.40 bits per heavy atom. The second-order valence-corrected chi connectivity index (χ2v) is 5.36. The van der Waals surface area contributed by atoms with E-state index in [1.165, 1.54) is 6.20 Å². The molecule has 0 unspecified atom stereocenters. The lowest BCUT2D eigenvalue weighted by atomic mass is 10.1. The minimum absolute atomic E-state index is 0.0672. The highest BCUT2D eigenvalue weighted by atomic mass is 16.5. The molecule has 0 aliphatic carbocycles. The van der Waals surface area contributed by atoms with Gasteiger partial charge >= 0.3 is 5.97 Å². The first-order valence-corrected chi connectivity index (χ1v) is 7.77. The van der Waals surface area contributed by atoms with E-state index in [0.29, 0.717) is 17.0 Å². The van der Waals surface area contributed by atoms with E-state index in [9.17, 15) is 14.7 Å². The fraction of sp³-hybridized carbons (Fsp3) is 0.167. The fourth-order valence-corrected chi connectivity index (χ4v) is 2.45. The van der Waals surface area contributed by atoms with Crippen LogP contribution in [0.5, 0.6) is 0 Å². The van der Waals surface area contributed by atoms with Gasteiger partial charge in [-0.25, -0.2) is 9.78 Å². The quantitative estimate of drug-likeness (QED) is 0.570. The lowest BCUT2D eigenvalue weighted by Gasteiger charge is -2.05. The molecule has 0 radical (unpaired) electrons. The molecule has 2 aromatic rings. The molecule has 1 aliphatic rings. The van der Waals surface area contributed by atoms with Gasteiger partial charge in [0, 0.05) is 23.6 Å². The van der Waals surface area contributed by atoms with Crippen LogP contribution in [0.1, 0.15) is 28.4 Å². The molecule has 1 aliphatic heterocycles. The Hall–Kier alpha value is -3.19. The van der Waals surface area contributed by atoms with Crippen LogP contribution in [0, 0.1) is 0 Å². The number of hydrogen-bond donors (Lipinski definition) is 3. The number of aromatic nitrogens is 1. The predicted octanol–water partition coefficient (Wildman–Crippen LogP) is 2.16. The highest BCUT2D eigenvalue weighted by molar-refractivity contribution is 6.31. The summed E-state index contributed by atoms with van der Waals surface area (Å²) in [6.45, 7) is 1.92. The van der Waals surface area contributed by atoms with E-state index in [0.717, 1.165) is 11.3 Å². The van der Waals surface area contributed by atoms with Crippen LogP contribution in [0.25, 0.3) is 5.57 Å². The van der Waals surface area contributed by atoms with Crippen molar-refractivity contribution in [2.24, 2.45) is 0 Å². The summed E-state index contributed by atoms with van der Waals surface area (Å²) in [5.41, 5.74) is 2.66. The molecule has 0 atom stereocenters. The smallest absolute Gasteiger partial charge is 0.339 e. The third kappa shape index (κ3) is 3.51. The van der Waals surface area contributed by atoms with Crippen LogP contribution in [0.2, 0.25) is 0 Å². The molecule has 1 aromatic heterocycles. The molecule has 128 valence electrons. The number of anilines is 2. The standard InChI is InChI=1S/C18H17N3O4/c1-2-25-18(24)12-7-14-15(17(23)21-16(14)20-8-12)9-19-13-5-3-4-11(6-13)10-22/h3-9,19,22H,2,10H2,1H3,(H,20,21,23)/b15-9-. The Kier molecular flexibility index (Phi) is 4.76. The van der Waals surface area contributed by atoms with Gasteiger partial charge in [0.05, 0.1) is 24.4 Å². The van der Waals surface area contributed by atoms with Crippen molar-refractivity contribution in [1.29, 1.82) is 0 Å². The summed E-state index contributed by atoms with van der Waals surface area (Å²) in [7, 11) is 0. The predicted molar refractivity (Wildman–Crippen MR) is 92.8 cm³/mol. The molecule has 0 spiro atoms. The average molecular weight is 339 g/mol. The van der Waals surface area contributed by atoms with E-state index >= 15 is 0 Å². The molecule has 2 heterocycles. The van der Waals surface area contributed by atoms with E-state index in [1.807, 2.05) is 6.07 Å². The zero-order valence-electron chi connectivity index (χ0n) is 13.6. The Bertz CT molecular complexity index is 861. The second-order valence-electron chi connectivity index (χ2n) is 5.36. The first kappa shape index (κ1) is 16.7. The van der Waals surface area contributed by atoms with Gasteiger partial charge in [0.2, 0.25) is 0 Å². The molecule has 1 aromatic carbocycles. The van der Waals surface area contributed by atoms with Gasteiger partial charge in [-0.2, -0.15) is 0 Å². The highest BCUT2D eigenvalue weighted by Gasteiger charge is 2.26. The summed E-state index contributed by atoms with van der Waals surface area (Å²) in [5.74, 6) is -0.398. The number of amides is 1. The lowest BCUT2D eigenvalue weighted by molar-refractivity contribution is -0.110. The van der Waals surface area contributed by atoms with Crippen molar-refractivity contribution < 1.29 is 19.4 Å². The molecule has 0 saturated carbocycles. The Balaban J connectivity index is 1.89. The Labute approximate surface area is 144 Å². The number of benzene rings is 1. The van der Waals surface area contributed by atoms with E-state index in [1.54, 1.807) is 37.4 Å². The number of carbonyl (C=O) groups is 2. The van der Waals surface area contributed by atoms with Gasteiger partial charge in [-0.05, 0) is 30.7 Å². The van der Waals surface area contributed by atoms with Crippen molar-refractivity contribution in [3.63, 3.8) is 0 Å². The molecule has 0 saturated heterocycles. The molecule has 0 bridgehead atoms. The summed E-state index contributed by atoms with van der Waals surface area (Å²) >= 11 is 0. The van der Waals surface area contributed by atoms with Gasteiger partial charge in [0.1, 0.15) is 5.82 Å². The molecule has 0 fully saturated rings. The number of hydrogen-bond acceptors (Lipinski definition) is 6. The molecule has 7 nitrogen and oxygen atoms in total. The number of rotatable bonds is 5. The SMILES string of the molecule is CCOC(=O)c1cnc2c(c1)/C(=C/Nc1cccc(CO)c1)C(=O)N2. The van der Waals surface area contributed by atoms with E-state index in [2.05, 4.69) is 15.6 Å². The van der Waals surface area contributed by atoms with Crippen LogP contribution in [-0.2, 0) is 16.1 Å². The topological polar surface area (TPSA) is 101 Å². The van der Waals surface area contributed by atoms with Crippen molar-refractivity contribution in [3.8, 4) is 0 Å². The number of pyridine rings is 1. The van der Waals surface area contributed by atoms with E-state index in [-0.39, 0.29) is 24.7 Å². The number of nitrogens with one attached hydrogen (secondary N) is 2. The van der Waals surface area contributed by atoms with Crippen molar-refractivity contribution in [1.82, 2.24) is 4.98 Å². The monoisotopic (exact) mass is 339 g/mol. The van der Waals surface area contributed by atoms with Crippen molar-refractivity contribution in [3.05, 3.63) is 59.4 Å². The maximum absolute atomic E-state index is 12.2. The Morgan fingerprint density at radius 2 is 2.24 bits per heavy atom.